The normalized spacial score (nSPS) is 10.6. The molecule has 26 heavy (non-hydrogen) atoms. The minimum Gasteiger partial charge on any atom is -0.368 e. The van der Waals surface area contributed by atoms with Crippen molar-refractivity contribution in [1.82, 2.24) is 15.2 Å². The van der Waals surface area contributed by atoms with Gasteiger partial charge in [-0.05, 0) is 41.8 Å². The monoisotopic (exact) mass is 391 g/mol. The average molecular weight is 392 g/mol. The van der Waals surface area contributed by atoms with Crippen LogP contribution in [-0.4, -0.2) is 21.7 Å². The van der Waals surface area contributed by atoms with Gasteiger partial charge in [0, 0.05) is 23.1 Å². The predicted molar refractivity (Wildman–Crippen MR) is 102 cm³/mol. The highest BCUT2D eigenvalue weighted by molar-refractivity contribution is 6.35. The van der Waals surface area contributed by atoms with Crippen LogP contribution in [-0.2, 0) is 13.0 Å². The molecule has 0 aliphatic carbocycles. The van der Waals surface area contributed by atoms with Gasteiger partial charge < -0.3 is 10.6 Å². The maximum atomic E-state index is 12.9. The van der Waals surface area contributed by atoms with Crippen molar-refractivity contribution in [3.05, 3.63) is 75.7 Å². The number of halogens is 3. The van der Waals surface area contributed by atoms with Crippen molar-refractivity contribution in [3.8, 4) is 0 Å². The Labute approximate surface area is 160 Å². The second-order valence-corrected chi connectivity index (χ2v) is 6.40. The quantitative estimate of drug-likeness (QED) is 0.616. The van der Waals surface area contributed by atoms with Gasteiger partial charge in [-0.2, -0.15) is 10.1 Å². The summed E-state index contributed by atoms with van der Waals surface area (Å²) in [7, 11) is 0. The van der Waals surface area contributed by atoms with Crippen molar-refractivity contribution < 1.29 is 4.39 Å². The first-order valence-electron chi connectivity index (χ1n) is 7.96. The van der Waals surface area contributed by atoms with E-state index in [4.69, 9.17) is 23.2 Å². The third-order valence-corrected chi connectivity index (χ3v) is 4.23. The molecule has 8 heteroatoms. The molecule has 0 radical (unpaired) electrons. The number of nitrogens with one attached hydrogen (secondary N) is 2. The molecular formula is C18H16Cl2FN5. The Morgan fingerprint density at radius 2 is 1.81 bits per heavy atom. The number of aromatic nitrogens is 3. The molecule has 1 aromatic heterocycles. The Morgan fingerprint density at radius 1 is 1.00 bits per heavy atom. The number of hydrogen-bond acceptors (Lipinski definition) is 5. The molecule has 2 N–H and O–H groups in total. The highest BCUT2D eigenvalue weighted by Crippen LogP contribution is 2.21. The zero-order chi connectivity index (χ0) is 18.4. The molecule has 0 fully saturated rings. The fourth-order valence-corrected chi connectivity index (χ4v) is 2.80. The Bertz CT molecular complexity index is 874. The van der Waals surface area contributed by atoms with Gasteiger partial charge in [-0.25, -0.2) is 4.39 Å². The summed E-state index contributed by atoms with van der Waals surface area (Å²) < 4.78 is 12.9. The highest BCUT2D eigenvalue weighted by atomic mass is 35.5. The minimum absolute atomic E-state index is 0.265. The Kier molecular flexibility index (Phi) is 6.20. The smallest absolute Gasteiger partial charge is 0.244 e. The minimum atomic E-state index is -0.265. The van der Waals surface area contributed by atoms with Gasteiger partial charge in [-0.1, -0.05) is 41.4 Å². The average Bonchev–Trinajstić information content (AvgIpc) is 2.63. The molecule has 1 heterocycles. The maximum Gasteiger partial charge on any atom is 0.244 e. The summed E-state index contributed by atoms with van der Waals surface area (Å²) in [6.07, 6.45) is 2.27. The van der Waals surface area contributed by atoms with E-state index in [0.717, 1.165) is 17.5 Å². The Hall–Kier alpha value is -2.44. The lowest BCUT2D eigenvalue weighted by Gasteiger charge is -2.09. The molecule has 5 nitrogen and oxygen atoms in total. The van der Waals surface area contributed by atoms with E-state index in [-0.39, 0.29) is 5.82 Å². The van der Waals surface area contributed by atoms with Crippen molar-refractivity contribution >= 4 is 35.0 Å². The fraction of sp³-hybridized carbons (Fsp3) is 0.167. The van der Waals surface area contributed by atoms with E-state index < -0.39 is 0 Å². The molecule has 0 saturated heterocycles. The molecule has 2 aromatic carbocycles. The summed E-state index contributed by atoms with van der Waals surface area (Å²) in [5, 5.41) is 15.4. The van der Waals surface area contributed by atoms with Gasteiger partial charge in [0.15, 0.2) is 5.82 Å². The summed E-state index contributed by atoms with van der Waals surface area (Å²) in [6.45, 7) is 1.11. The van der Waals surface area contributed by atoms with Crippen molar-refractivity contribution in [2.24, 2.45) is 0 Å². The molecule has 0 atom stereocenters. The van der Waals surface area contributed by atoms with E-state index >= 15 is 0 Å². The Morgan fingerprint density at radius 3 is 2.58 bits per heavy atom. The third kappa shape index (κ3) is 5.28. The second-order valence-electron chi connectivity index (χ2n) is 5.56. The van der Waals surface area contributed by atoms with Crippen molar-refractivity contribution in [2.75, 3.05) is 17.2 Å². The summed E-state index contributed by atoms with van der Waals surface area (Å²) in [6, 6.07) is 11.7. The molecule has 3 aromatic rings. The van der Waals surface area contributed by atoms with Crippen LogP contribution in [0, 0.1) is 5.82 Å². The van der Waals surface area contributed by atoms with Crippen LogP contribution in [0.2, 0.25) is 10.0 Å². The molecule has 0 unspecified atom stereocenters. The van der Waals surface area contributed by atoms with Gasteiger partial charge in [0.05, 0.1) is 6.20 Å². The molecule has 0 spiro atoms. The van der Waals surface area contributed by atoms with E-state index in [1.165, 1.54) is 12.1 Å². The Balaban J connectivity index is 1.52. The molecule has 0 saturated carbocycles. The number of rotatable bonds is 7. The maximum absolute atomic E-state index is 12.9. The molecule has 0 amide bonds. The van der Waals surface area contributed by atoms with E-state index in [1.807, 2.05) is 12.1 Å². The van der Waals surface area contributed by atoms with Crippen LogP contribution in [0.1, 0.15) is 11.1 Å². The van der Waals surface area contributed by atoms with Crippen LogP contribution in [0.4, 0.5) is 16.2 Å². The van der Waals surface area contributed by atoms with Gasteiger partial charge in [0.2, 0.25) is 5.95 Å². The SMILES string of the molecule is Fc1ccc(CNc2nncc(NCCc3ccc(Cl)cc3Cl)n2)cc1. The molecule has 0 aliphatic rings. The van der Waals surface area contributed by atoms with Gasteiger partial charge in [0.25, 0.3) is 0 Å². The summed E-state index contributed by atoms with van der Waals surface area (Å²) in [5.74, 6) is 0.731. The van der Waals surface area contributed by atoms with Gasteiger partial charge in [-0.3, -0.25) is 0 Å². The van der Waals surface area contributed by atoms with Crippen LogP contribution >= 0.6 is 23.2 Å². The first kappa shape index (κ1) is 18.4. The zero-order valence-corrected chi connectivity index (χ0v) is 15.2. The van der Waals surface area contributed by atoms with Crippen LogP contribution < -0.4 is 10.6 Å². The van der Waals surface area contributed by atoms with Crippen molar-refractivity contribution in [2.45, 2.75) is 13.0 Å². The van der Waals surface area contributed by atoms with Crippen LogP contribution in [0.3, 0.4) is 0 Å². The lowest BCUT2D eigenvalue weighted by molar-refractivity contribution is 0.627. The van der Waals surface area contributed by atoms with Crippen LogP contribution in [0.25, 0.3) is 0 Å². The predicted octanol–water partition coefficient (Wildman–Crippen LogP) is 4.58. The third-order valence-electron chi connectivity index (χ3n) is 3.64. The first-order valence-corrected chi connectivity index (χ1v) is 8.71. The van der Waals surface area contributed by atoms with E-state index in [2.05, 4.69) is 25.8 Å². The summed E-state index contributed by atoms with van der Waals surface area (Å²) >= 11 is 12.1. The van der Waals surface area contributed by atoms with Gasteiger partial charge >= 0.3 is 0 Å². The molecule has 3 rings (SSSR count). The number of hydrogen-bond donors (Lipinski definition) is 2. The number of benzene rings is 2. The number of nitrogens with zero attached hydrogens (tertiary/aromatic N) is 3. The second kappa shape index (κ2) is 8.78. The summed E-state index contributed by atoms with van der Waals surface area (Å²) in [4.78, 5) is 4.35. The topological polar surface area (TPSA) is 62.7 Å². The molecule has 0 aliphatic heterocycles. The largest absolute Gasteiger partial charge is 0.368 e. The van der Waals surface area contributed by atoms with Crippen LogP contribution in [0.5, 0.6) is 0 Å². The number of anilines is 2. The molecular weight excluding hydrogens is 376 g/mol. The molecule has 0 bridgehead atoms. The van der Waals surface area contributed by atoms with E-state index in [0.29, 0.717) is 34.9 Å². The zero-order valence-electron chi connectivity index (χ0n) is 13.7. The first-order chi connectivity index (χ1) is 12.6. The van der Waals surface area contributed by atoms with E-state index in [1.54, 1.807) is 24.4 Å². The fourth-order valence-electron chi connectivity index (χ4n) is 2.30. The lowest BCUT2D eigenvalue weighted by Crippen LogP contribution is -2.10. The summed E-state index contributed by atoms with van der Waals surface area (Å²) in [5.41, 5.74) is 1.92. The van der Waals surface area contributed by atoms with Crippen molar-refractivity contribution in [1.29, 1.82) is 0 Å². The van der Waals surface area contributed by atoms with Gasteiger partial charge in [-0.15, -0.1) is 5.10 Å². The standard InChI is InChI=1S/C18H16Cl2FN5/c19-14-4-3-13(16(20)9-14)7-8-22-17-11-24-26-18(25-17)23-10-12-1-5-15(21)6-2-12/h1-6,9,11H,7-8,10H2,(H2,22,23,25,26). The van der Waals surface area contributed by atoms with Gasteiger partial charge in [0.1, 0.15) is 5.82 Å². The molecule has 134 valence electrons. The van der Waals surface area contributed by atoms with Crippen molar-refractivity contribution in [3.63, 3.8) is 0 Å². The van der Waals surface area contributed by atoms with E-state index in [9.17, 15) is 4.39 Å². The van der Waals surface area contributed by atoms with Crippen LogP contribution in [0.15, 0.2) is 48.7 Å². The highest BCUT2D eigenvalue weighted by Gasteiger charge is 2.04. The lowest BCUT2D eigenvalue weighted by atomic mass is 10.1.